The smallest absolute Gasteiger partial charge is 0.416 e. The zero-order valence-corrected chi connectivity index (χ0v) is 24.5. The number of ether oxygens (including phenoxy) is 1. The minimum absolute atomic E-state index is 0.0414. The number of hydrogen-bond acceptors (Lipinski definition) is 5. The Balaban J connectivity index is 0.000000389. The minimum atomic E-state index is -4.49. The molecule has 7 nitrogen and oxygen atoms in total. The first-order chi connectivity index (χ1) is 18.2. The summed E-state index contributed by atoms with van der Waals surface area (Å²) in [5.74, 6) is -0.698. The van der Waals surface area contributed by atoms with Crippen LogP contribution in [0.2, 0.25) is 0 Å². The van der Waals surface area contributed by atoms with Crippen molar-refractivity contribution in [1.82, 2.24) is 5.32 Å². The number of nitrogens with one attached hydrogen (secondary N) is 1. The van der Waals surface area contributed by atoms with Crippen molar-refractivity contribution in [3.05, 3.63) is 29.3 Å². The van der Waals surface area contributed by atoms with Crippen LogP contribution in [0.3, 0.4) is 0 Å². The topological polar surface area (TPSA) is 110 Å². The fourth-order valence-electron chi connectivity index (χ4n) is 5.33. The van der Waals surface area contributed by atoms with Gasteiger partial charge >= 0.3 is 12.1 Å². The van der Waals surface area contributed by atoms with E-state index in [1.54, 1.807) is 20.8 Å². The molecular formula is C30H42F3NO6. The largest absolute Gasteiger partial charge is 0.488 e. The van der Waals surface area contributed by atoms with Crippen molar-refractivity contribution < 1.29 is 42.2 Å². The number of Topliss-reactive ketones (excluding diaryl/α,β-unsaturated/α-hetero) is 2. The van der Waals surface area contributed by atoms with Gasteiger partial charge in [0.1, 0.15) is 22.9 Å². The molecule has 1 aromatic rings. The highest BCUT2D eigenvalue weighted by molar-refractivity contribution is 5.93. The summed E-state index contributed by atoms with van der Waals surface area (Å²) in [4.78, 5) is 46.6. The average molecular weight is 570 g/mol. The molecule has 2 saturated carbocycles. The SMILES string of the molecule is CC(C)[C@]1(C(=O)NCc2cc(C(F)(F)F)ccc2OC(C)(C)C)CCC(=O)C1.CC(C)[C@]1(C(=O)O)CCC(=O)C1. The first-order valence-corrected chi connectivity index (χ1v) is 13.7. The molecule has 0 aromatic heterocycles. The second kappa shape index (κ2) is 12.3. The third-order valence-corrected chi connectivity index (χ3v) is 8.06. The highest BCUT2D eigenvalue weighted by Crippen LogP contribution is 2.44. The Hall–Kier alpha value is -2.91. The number of amides is 1. The Bertz CT molecular complexity index is 1120. The Morgan fingerprint density at radius 3 is 1.80 bits per heavy atom. The van der Waals surface area contributed by atoms with Gasteiger partial charge in [-0.05, 0) is 63.6 Å². The molecule has 0 bridgehead atoms. The van der Waals surface area contributed by atoms with Crippen LogP contribution in [0.4, 0.5) is 13.2 Å². The maximum atomic E-state index is 13.1. The van der Waals surface area contributed by atoms with Crippen LogP contribution in [0.5, 0.6) is 5.75 Å². The lowest BCUT2D eigenvalue weighted by Gasteiger charge is -2.31. The van der Waals surface area contributed by atoms with Crippen LogP contribution in [0.1, 0.15) is 98.1 Å². The van der Waals surface area contributed by atoms with Gasteiger partial charge in [-0.3, -0.25) is 19.2 Å². The standard InChI is InChI=1S/C21H28F3NO3.C9H14O3/c1-13(2)20(9-8-16(26)11-20)18(27)25-12-14-10-15(21(22,23)24)6-7-17(14)28-19(3,4)5;1-6(2)9(8(11)12)4-3-7(10)5-9/h6-7,10,13H,8-9,11-12H2,1-5H3,(H,25,27);6H,3-5H2,1-2H3,(H,11,12)/t20-;9-/m00/s1. The van der Waals surface area contributed by atoms with Crippen LogP contribution in [0.15, 0.2) is 18.2 Å². The van der Waals surface area contributed by atoms with E-state index in [4.69, 9.17) is 9.84 Å². The molecule has 1 amide bonds. The molecule has 0 unspecified atom stereocenters. The zero-order valence-electron chi connectivity index (χ0n) is 24.5. The molecule has 224 valence electrons. The number of alkyl halides is 3. The monoisotopic (exact) mass is 569 g/mol. The minimum Gasteiger partial charge on any atom is -0.488 e. The molecule has 0 saturated heterocycles. The number of hydrogen-bond donors (Lipinski definition) is 2. The summed E-state index contributed by atoms with van der Waals surface area (Å²) in [6.45, 7) is 12.8. The molecule has 0 spiro atoms. The molecule has 10 heteroatoms. The maximum Gasteiger partial charge on any atom is 0.416 e. The number of carbonyl (C=O) groups excluding carboxylic acids is 3. The normalized spacial score (nSPS) is 23.3. The summed E-state index contributed by atoms with van der Waals surface area (Å²) < 4.78 is 45.2. The van der Waals surface area contributed by atoms with Crippen molar-refractivity contribution in [3.63, 3.8) is 0 Å². The number of ketones is 2. The molecule has 2 aliphatic rings. The number of carboxylic acids is 1. The third kappa shape index (κ3) is 7.85. The predicted molar refractivity (Wildman–Crippen MR) is 144 cm³/mol. The van der Waals surface area contributed by atoms with E-state index in [1.165, 1.54) is 6.07 Å². The van der Waals surface area contributed by atoms with Gasteiger partial charge in [-0.1, -0.05) is 27.7 Å². The van der Waals surface area contributed by atoms with E-state index in [-0.39, 0.29) is 54.3 Å². The van der Waals surface area contributed by atoms with E-state index in [0.29, 0.717) is 31.4 Å². The van der Waals surface area contributed by atoms with Gasteiger partial charge in [-0.25, -0.2) is 0 Å². The molecule has 0 radical (unpaired) electrons. The van der Waals surface area contributed by atoms with Crippen molar-refractivity contribution in [2.24, 2.45) is 22.7 Å². The highest BCUT2D eigenvalue weighted by Gasteiger charge is 2.48. The average Bonchev–Trinajstić information content (AvgIpc) is 3.41. The molecule has 2 aliphatic carbocycles. The van der Waals surface area contributed by atoms with E-state index < -0.39 is 34.1 Å². The molecule has 2 fully saturated rings. The van der Waals surface area contributed by atoms with Gasteiger partial charge in [0.05, 0.1) is 16.4 Å². The maximum absolute atomic E-state index is 13.1. The van der Waals surface area contributed by atoms with Gasteiger partial charge < -0.3 is 15.2 Å². The summed E-state index contributed by atoms with van der Waals surface area (Å²) in [7, 11) is 0. The summed E-state index contributed by atoms with van der Waals surface area (Å²) in [6.07, 6.45) is -2.33. The van der Waals surface area contributed by atoms with Gasteiger partial charge in [0.25, 0.3) is 0 Å². The van der Waals surface area contributed by atoms with Crippen LogP contribution in [0.25, 0.3) is 0 Å². The predicted octanol–water partition coefficient (Wildman–Crippen LogP) is 6.36. The van der Waals surface area contributed by atoms with Crippen LogP contribution in [-0.4, -0.2) is 34.2 Å². The summed E-state index contributed by atoms with van der Waals surface area (Å²) in [6, 6.07) is 3.26. The van der Waals surface area contributed by atoms with Gasteiger partial charge in [-0.15, -0.1) is 0 Å². The Morgan fingerprint density at radius 2 is 1.45 bits per heavy atom. The van der Waals surface area contributed by atoms with E-state index >= 15 is 0 Å². The first kappa shape index (κ1) is 33.3. The van der Waals surface area contributed by atoms with Gasteiger partial charge in [0.15, 0.2) is 0 Å². The van der Waals surface area contributed by atoms with Crippen molar-refractivity contribution in [2.75, 3.05) is 0 Å². The van der Waals surface area contributed by atoms with Gasteiger partial charge in [0, 0.05) is 37.8 Å². The molecule has 40 heavy (non-hydrogen) atoms. The second-order valence-electron chi connectivity index (χ2n) is 12.6. The molecule has 1 aromatic carbocycles. The number of aliphatic carboxylic acids is 1. The Morgan fingerprint density at radius 1 is 0.950 bits per heavy atom. The molecule has 0 aliphatic heterocycles. The molecular weight excluding hydrogens is 527 g/mol. The third-order valence-electron chi connectivity index (χ3n) is 8.06. The van der Waals surface area contributed by atoms with Gasteiger partial charge in [0.2, 0.25) is 5.91 Å². The number of carbonyl (C=O) groups is 4. The molecule has 3 rings (SSSR count). The fraction of sp³-hybridized carbons (Fsp3) is 0.667. The van der Waals surface area contributed by atoms with Crippen molar-refractivity contribution in [1.29, 1.82) is 0 Å². The second-order valence-corrected chi connectivity index (χ2v) is 12.6. The molecule has 2 atom stereocenters. The lowest BCUT2D eigenvalue weighted by atomic mass is 9.75. The first-order valence-electron chi connectivity index (χ1n) is 13.7. The van der Waals surface area contributed by atoms with Crippen molar-refractivity contribution >= 4 is 23.4 Å². The van der Waals surface area contributed by atoms with E-state index in [0.717, 1.165) is 12.1 Å². The summed E-state index contributed by atoms with van der Waals surface area (Å²) >= 11 is 0. The van der Waals surface area contributed by atoms with Crippen LogP contribution in [0, 0.1) is 22.7 Å². The fourth-order valence-corrected chi connectivity index (χ4v) is 5.33. The van der Waals surface area contributed by atoms with E-state index in [1.807, 2.05) is 27.7 Å². The summed E-state index contributed by atoms with van der Waals surface area (Å²) in [5, 5.41) is 11.7. The quantitative estimate of drug-likeness (QED) is 0.395. The van der Waals surface area contributed by atoms with Crippen molar-refractivity contribution in [3.8, 4) is 5.75 Å². The number of halogens is 3. The lowest BCUT2D eigenvalue weighted by molar-refractivity contribution is -0.152. The van der Waals surface area contributed by atoms with E-state index in [9.17, 15) is 32.3 Å². The van der Waals surface area contributed by atoms with Crippen LogP contribution in [-0.2, 0) is 31.9 Å². The highest BCUT2D eigenvalue weighted by atomic mass is 19.4. The van der Waals surface area contributed by atoms with Gasteiger partial charge in [-0.2, -0.15) is 13.2 Å². The molecule has 0 heterocycles. The lowest BCUT2D eigenvalue weighted by Crippen LogP contribution is -2.42. The zero-order chi connectivity index (χ0) is 30.7. The Labute approximate surface area is 234 Å². The van der Waals surface area contributed by atoms with Crippen LogP contribution < -0.4 is 10.1 Å². The van der Waals surface area contributed by atoms with Crippen molar-refractivity contribution in [2.45, 2.75) is 105 Å². The number of benzene rings is 1. The van der Waals surface area contributed by atoms with Crippen LogP contribution >= 0.6 is 0 Å². The number of carboxylic acid groups (broad SMARTS) is 1. The van der Waals surface area contributed by atoms with E-state index in [2.05, 4.69) is 5.32 Å². The Kier molecular flexibility index (Phi) is 10.2. The summed E-state index contributed by atoms with van der Waals surface area (Å²) in [5.41, 5.74) is -2.72. The molecule has 2 N–H and O–H groups in total. The number of rotatable bonds is 7.